The molecule has 84 valence electrons. The van der Waals surface area contributed by atoms with Crippen LogP contribution in [0.3, 0.4) is 0 Å². The highest BCUT2D eigenvalue weighted by atomic mass is 15.1. The third-order valence-corrected chi connectivity index (χ3v) is 2.62. The fraction of sp³-hybridized carbons (Fsp3) is 0.571. The lowest BCUT2D eigenvalue weighted by Crippen LogP contribution is -2.09. The van der Waals surface area contributed by atoms with Gasteiger partial charge in [0.05, 0.1) is 0 Å². The van der Waals surface area contributed by atoms with E-state index in [1.165, 1.54) is 24.1 Å². The molecule has 1 aromatic carbocycles. The summed E-state index contributed by atoms with van der Waals surface area (Å²) >= 11 is 0. The molecule has 0 spiro atoms. The highest BCUT2D eigenvalue weighted by Crippen LogP contribution is 2.22. The minimum atomic E-state index is 0.431. The van der Waals surface area contributed by atoms with E-state index in [0.29, 0.717) is 5.41 Å². The Balaban J connectivity index is 2.57. The van der Waals surface area contributed by atoms with Crippen molar-refractivity contribution in [1.29, 1.82) is 0 Å². The first kappa shape index (κ1) is 12.1. The van der Waals surface area contributed by atoms with E-state index in [4.69, 9.17) is 0 Å². The van der Waals surface area contributed by atoms with Gasteiger partial charge in [-0.25, -0.2) is 0 Å². The Bertz CT molecular complexity index is 290. The Morgan fingerprint density at radius 2 is 1.53 bits per heavy atom. The van der Waals surface area contributed by atoms with E-state index in [-0.39, 0.29) is 0 Å². The van der Waals surface area contributed by atoms with E-state index in [1.807, 2.05) is 0 Å². The maximum absolute atomic E-state index is 2.29. The third-order valence-electron chi connectivity index (χ3n) is 2.62. The van der Waals surface area contributed by atoms with Crippen LogP contribution in [0.4, 0.5) is 5.69 Å². The lowest BCUT2D eigenvalue weighted by molar-refractivity contribution is 0.378. The zero-order valence-electron chi connectivity index (χ0n) is 10.7. The standard InChI is InChI=1S/C14H23N/c1-14(2,3)11-10-12-6-8-13(9-7-12)15(4)5/h6-9H,10-11H2,1-5H3. The second kappa shape index (κ2) is 4.69. The van der Waals surface area contributed by atoms with Crippen LogP contribution in [0.5, 0.6) is 0 Å². The van der Waals surface area contributed by atoms with Gasteiger partial charge in [0.1, 0.15) is 0 Å². The molecule has 0 saturated carbocycles. The summed E-state index contributed by atoms with van der Waals surface area (Å²) < 4.78 is 0. The molecule has 0 aliphatic rings. The molecule has 0 N–H and O–H groups in total. The highest BCUT2D eigenvalue weighted by molar-refractivity contribution is 5.45. The molecular formula is C14H23N. The van der Waals surface area contributed by atoms with Crippen molar-refractivity contribution in [3.63, 3.8) is 0 Å². The molecule has 1 nitrogen and oxygen atoms in total. The predicted octanol–water partition coefficient (Wildman–Crippen LogP) is 3.73. The maximum atomic E-state index is 2.29. The molecule has 0 aliphatic heterocycles. The first-order chi connectivity index (χ1) is 6.88. The average Bonchev–Trinajstić information content (AvgIpc) is 2.14. The first-order valence-electron chi connectivity index (χ1n) is 5.65. The monoisotopic (exact) mass is 205 g/mol. The molecule has 0 unspecified atom stereocenters. The molecule has 1 aromatic rings. The summed E-state index contributed by atoms with van der Waals surface area (Å²) in [5.41, 5.74) is 3.14. The van der Waals surface area contributed by atoms with E-state index >= 15 is 0 Å². The molecule has 0 amide bonds. The van der Waals surface area contributed by atoms with Crippen LogP contribution in [0.25, 0.3) is 0 Å². The van der Waals surface area contributed by atoms with Crippen molar-refractivity contribution in [2.24, 2.45) is 5.41 Å². The Morgan fingerprint density at radius 1 is 1.00 bits per heavy atom. The molecule has 0 radical (unpaired) electrons. The van der Waals surface area contributed by atoms with Crippen molar-refractivity contribution in [1.82, 2.24) is 0 Å². The van der Waals surface area contributed by atoms with E-state index < -0.39 is 0 Å². The number of anilines is 1. The maximum Gasteiger partial charge on any atom is 0.0361 e. The van der Waals surface area contributed by atoms with Crippen molar-refractivity contribution in [3.05, 3.63) is 29.8 Å². The lowest BCUT2D eigenvalue weighted by Gasteiger charge is -2.18. The van der Waals surface area contributed by atoms with E-state index in [0.717, 1.165) is 0 Å². The molecule has 0 heterocycles. The van der Waals surface area contributed by atoms with Crippen LogP contribution >= 0.6 is 0 Å². The summed E-state index contributed by atoms with van der Waals surface area (Å²) in [6, 6.07) is 8.86. The van der Waals surface area contributed by atoms with Gasteiger partial charge >= 0.3 is 0 Å². The molecule has 1 rings (SSSR count). The Kier molecular flexibility index (Phi) is 3.78. The minimum Gasteiger partial charge on any atom is -0.378 e. The summed E-state index contributed by atoms with van der Waals surface area (Å²) in [7, 11) is 4.15. The van der Waals surface area contributed by atoms with Gasteiger partial charge in [0.15, 0.2) is 0 Å². The summed E-state index contributed by atoms with van der Waals surface area (Å²) in [5.74, 6) is 0. The predicted molar refractivity (Wildman–Crippen MR) is 68.5 cm³/mol. The molecular weight excluding hydrogens is 182 g/mol. The number of hydrogen-bond donors (Lipinski definition) is 0. The van der Waals surface area contributed by atoms with Crippen LogP contribution in [0.2, 0.25) is 0 Å². The molecule has 1 heteroatoms. The second-order valence-corrected chi connectivity index (χ2v) is 5.62. The summed E-state index contributed by atoms with van der Waals surface area (Å²) in [4.78, 5) is 2.13. The Hall–Kier alpha value is -0.980. The molecule has 0 fully saturated rings. The zero-order valence-corrected chi connectivity index (χ0v) is 10.7. The van der Waals surface area contributed by atoms with Crippen molar-refractivity contribution in [3.8, 4) is 0 Å². The van der Waals surface area contributed by atoms with E-state index in [9.17, 15) is 0 Å². The average molecular weight is 205 g/mol. The molecule has 0 saturated heterocycles. The normalized spacial score (nSPS) is 11.5. The molecule has 15 heavy (non-hydrogen) atoms. The summed E-state index contributed by atoms with van der Waals surface area (Å²) in [6.07, 6.45) is 2.42. The van der Waals surface area contributed by atoms with Crippen LogP contribution in [0.15, 0.2) is 24.3 Å². The number of nitrogens with zero attached hydrogens (tertiary/aromatic N) is 1. The van der Waals surface area contributed by atoms with Gasteiger partial charge in [0, 0.05) is 19.8 Å². The van der Waals surface area contributed by atoms with Crippen molar-refractivity contribution < 1.29 is 0 Å². The fourth-order valence-corrected chi connectivity index (χ4v) is 1.48. The van der Waals surface area contributed by atoms with Crippen molar-refractivity contribution in [2.75, 3.05) is 19.0 Å². The van der Waals surface area contributed by atoms with Gasteiger partial charge in [-0.1, -0.05) is 32.9 Å². The van der Waals surface area contributed by atoms with E-state index in [2.05, 4.69) is 64.0 Å². The molecule has 0 aliphatic carbocycles. The SMILES string of the molecule is CN(C)c1ccc(CCC(C)(C)C)cc1. The topological polar surface area (TPSA) is 3.24 Å². The van der Waals surface area contributed by atoms with Gasteiger partial charge in [-0.2, -0.15) is 0 Å². The fourth-order valence-electron chi connectivity index (χ4n) is 1.48. The minimum absolute atomic E-state index is 0.431. The van der Waals surface area contributed by atoms with Crippen LogP contribution < -0.4 is 4.90 Å². The number of rotatable bonds is 3. The molecule has 0 atom stereocenters. The van der Waals surface area contributed by atoms with Gasteiger partial charge in [-0.3, -0.25) is 0 Å². The quantitative estimate of drug-likeness (QED) is 0.726. The lowest BCUT2D eigenvalue weighted by atomic mass is 9.89. The van der Waals surface area contributed by atoms with Gasteiger partial charge in [-0.15, -0.1) is 0 Å². The van der Waals surface area contributed by atoms with Crippen LogP contribution in [-0.2, 0) is 6.42 Å². The zero-order chi connectivity index (χ0) is 11.5. The number of aryl methyl sites for hydroxylation is 1. The van der Waals surface area contributed by atoms with Gasteiger partial charge in [-0.05, 0) is 36.0 Å². The van der Waals surface area contributed by atoms with Crippen LogP contribution in [-0.4, -0.2) is 14.1 Å². The largest absolute Gasteiger partial charge is 0.378 e. The van der Waals surface area contributed by atoms with Gasteiger partial charge in [0.25, 0.3) is 0 Å². The first-order valence-corrected chi connectivity index (χ1v) is 5.65. The highest BCUT2D eigenvalue weighted by Gasteiger charge is 2.09. The molecule has 0 aromatic heterocycles. The third kappa shape index (κ3) is 4.37. The van der Waals surface area contributed by atoms with Gasteiger partial charge in [0.2, 0.25) is 0 Å². The van der Waals surface area contributed by atoms with Crippen molar-refractivity contribution in [2.45, 2.75) is 33.6 Å². The Labute approximate surface area is 94.1 Å². The van der Waals surface area contributed by atoms with E-state index in [1.54, 1.807) is 0 Å². The van der Waals surface area contributed by atoms with Crippen molar-refractivity contribution >= 4 is 5.69 Å². The summed E-state index contributed by atoms with van der Waals surface area (Å²) in [5, 5.41) is 0. The smallest absolute Gasteiger partial charge is 0.0361 e. The van der Waals surface area contributed by atoms with Gasteiger partial charge < -0.3 is 4.90 Å². The van der Waals surface area contributed by atoms with Crippen LogP contribution in [0, 0.1) is 5.41 Å². The number of hydrogen-bond acceptors (Lipinski definition) is 1. The Morgan fingerprint density at radius 3 is 1.93 bits per heavy atom. The molecule has 0 bridgehead atoms. The second-order valence-electron chi connectivity index (χ2n) is 5.62. The summed E-state index contributed by atoms with van der Waals surface area (Å²) in [6.45, 7) is 6.88. The van der Waals surface area contributed by atoms with Crippen LogP contribution in [0.1, 0.15) is 32.8 Å². The number of benzene rings is 1.